The molecule has 4 heteroatoms. The molecule has 0 aromatic carbocycles. The van der Waals surface area contributed by atoms with Crippen LogP contribution >= 0.6 is 0 Å². The second-order valence-corrected chi connectivity index (χ2v) is 7.71. The van der Waals surface area contributed by atoms with Gasteiger partial charge in [0.25, 0.3) is 0 Å². The van der Waals surface area contributed by atoms with Crippen LogP contribution in [0.2, 0.25) is 0 Å². The number of carbonyl (C=O) groups excluding carboxylic acids is 2. The number of piperazine rings is 1. The highest BCUT2D eigenvalue weighted by atomic mass is 16.2. The highest BCUT2D eigenvalue weighted by molar-refractivity contribution is 5.97. The van der Waals surface area contributed by atoms with Crippen molar-refractivity contribution in [3.05, 3.63) is 0 Å². The molecule has 0 saturated carbocycles. The van der Waals surface area contributed by atoms with E-state index in [1.807, 2.05) is 34.6 Å². The Labute approximate surface area is 123 Å². The number of hydrogen-bond acceptors (Lipinski definition) is 2. The highest BCUT2D eigenvalue weighted by Gasteiger charge is 2.45. The van der Waals surface area contributed by atoms with Crippen molar-refractivity contribution in [3.63, 3.8) is 0 Å². The standard InChI is InChI=1S/C16H30N2O2/c1-10(2)8-9-18-12(11(3)4)14(19)17-13(15(18)20)16(5,6)7/h10-13H,8-9H2,1-7H3,(H,17,19). The molecule has 1 aliphatic heterocycles. The molecule has 0 aliphatic carbocycles. The Kier molecular flexibility index (Phi) is 5.22. The first kappa shape index (κ1) is 17.0. The molecule has 0 radical (unpaired) electrons. The van der Waals surface area contributed by atoms with E-state index in [1.165, 1.54) is 0 Å². The maximum absolute atomic E-state index is 12.8. The van der Waals surface area contributed by atoms with Gasteiger partial charge in [0.15, 0.2) is 0 Å². The second-order valence-electron chi connectivity index (χ2n) is 7.71. The Morgan fingerprint density at radius 2 is 1.70 bits per heavy atom. The molecule has 1 heterocycles. The van der Waals surface area contributed by atoms with Gasteiger partial charge in [0.05, 0.1) is 0 Å². The fourth-order valence-electron chi connectivity index (χ4n) is 2.63. The number of hydrogen-bond donors (Lipinski definition) is 1. The van der Waals surface area contributed by atoms with Gasteiger partial charge in [-0.25, -0.2) is 0 Å². The predicted molar refractivity (Wildman–Crippen MR) is 81.2 cm³/mol. The molecule has 0 bridgehead atoms. The van der Waals surface area contributed by atoms with Gasteiger partial charge >= 0.3 is 0 Å². The van der Waals surface area contributed by atoms with Gasteiger partial charge in [0.1, 0.15) is 12.1 Å². The van der Waals surface area contributed by atoms with E-state index >= 15 is 0 Å². The lowest BCUT2D eigenvalue weighted by Gasteiger charge is -2.45. The summed E-state index contributed by atoms with van der Waals surface area (Å²) in [5, 5.41) is 2.92. The van der Waals surface area contributed by atoms with Crippen molar-refractivity contribution >= 4 is 11.8 Å². The van der Waals surface area contributed by atoms with Crippen LogP contribution in [0, 0.1) is 17.3 Å². The monoisotopic (exact) mass is 282 g/mol. The van der Waals surface area contributed by atoms with Crippen molar-refractivity contribution in [1.82, 2.24) is 10.2 Å². The van der Waals surface area contributed by atoms with Crippen molar-refractivity contribution in [2.45, 2.75) is 67.0 Å². The predicted octanol–water partition coefficient (Wildman–Crippen LogP) is 2.43. The molecular weight excluding hydrogens is 252 g/mol. The van der Waals surface area contributed by atoms with Crippen LogP contribution < -0.4 is 5.32 Å². The maximum atomic E-state index is 12.8. The molecule has 0 aromatic rings. The average molecular weight is 282 g/mol. The Morgan fingerprint density at radius 3 is 2.10 bits per heavy atom. The van der Waals surface area contributed by atoms with E-state index in [1.54, 1.807) is 4.90 Å². The number of carbonyl (C=O) groups is 2. The molecule has 20 heavy (non-hydrogen) atoms. The largest absolute Gasteiger partial charge is 0.342 e. The van der Waals surface area contributed by atoms with Crippen molar-refractivity contribution in [2.75, 3.05) is 6.54 Å². The number of nitrogens with one attached hydrogen (secondary N) is 1. The van der Waals surface area contributed by atoms with Crippen molar-refractivity contribution in [1.29, 1.82) is 0 Å². The van der Waals surface area contributed by atoms with E-state index in [2.05, 4.69) is 19.2 Å². The Hall–Kier alpha value is -1.06. The van der Waals surface area contributed by atoms with E-state index in [4.69, 9.17) is 0 Å². The van der Waals surface area contributed by atoms with Crippen LogP contribution in [0.25, 0.3) is 0 Å². The van der Waals surface area contributed by atoms with Crippen LogP contribution in [0.15, 0.2) is 0 Å². The summed E-state index contributed by atoms with van der Waals surface area (Å²) in [6.45, 7) is 14.9. The molecular formula is C16H30N2O2. The van der Waals surface area contributed by atoms with Crippen LogP contribution in [0.3, 0.4) is 0 Å². The second kappa shape index (κ2) is 6.15. The van der Waals surface area contributed by atoms with Gasteiger partial charge in [-0.2, -0.15) is 0 Å². The van der Waals surface area contributed by atoms with Gasteiger partial charge in [-0.05, 0) is 23.7 Å². The van der Waals surface area contributed by atoms with Gasteiger partial charge in [-0.3, -0.25) is 9.59 Å². The van der Waals surface area contributed by atoms with Crippen LogP contribution in [-0.4, -0.2) is 35.3 Å². The van der Waals surface area contributed by atoms with Gasteiger partial charge < -0.3 is 10.2 Å². The fourth-order valence-corrected chi connectivity index (χ4v) is 2.63. The van der Waals surface area contributed by atoms with E-state index in [9.17, 15) is 9.59 Å². The lowest BCUT2D eigenvalue weighted by molar-refractivity contribution is -0.154. The zero-order valence-electron chi connectivity index (χ0n) is 14.0. The molecule has 1 saturated heterocycles. The van der Waals surface area contributed by atoms with E-state index in [0.29, 0.717) is 12.5 Å². The van der Waals surface area contributed by atoms with Crippen molar-refractivity contribution < 1.29 is 9.59 Å². The van der Waals surface area contributed by atoms with Gasteiger partial charge in [-0.1, -0.05) is 48.5 Å². The first-order valence-corrected chi connectivity index (χ1v) is 7.66. The topological polar surface area (TPSA) is 49.4 Å². The number of nitrogens with zero attached hydrogens (tertiary/aromatic N) is 1. The van der Waals surface area contributed by atoms with Crippen LogP contribution in [-0.2, 0) is 9.59 Å². The molecule has 116 valence electrons. The molecule has 2 atom stereocenters. The molecule has 1 aliphatic rings. The highest BCUT2D eigenvalue weighted by Crippen LogP contribution is 2.27. The number of rotatable bonds is 4. The van der Waals surface area contributed by atoms with E-state index in [0.717, 1.165) is 6.42 Å². The summed E-state index contributed by atoms with van der Waals surface area (Å²) in [7, 11) is 0. The van der Waals surface area contributed by atoms with Gasteiger partial charge in [0, 0.05) is 6.54 Å². The first-order valence-electron chi connectivity index (χ1n) is 7.66. The lowest BCUT2D eigenvalue weighted by atomic mass is 9.82. The Bertz CT molecular complexity index is 369. The van der Waals surface area contributed by atoms with Gasteiger partial charge in [-0.15, -0.1) is 0 Å². The summed E-state index contributed by atoms with van der Waals surface area (Å²) < 4.78 is 0. The summed E-state index contributed by atoms with van der Waals surface area (Å²) in [6, 6.07) is -0.753. The quantitative estimate of drug-likeness (QED) is 0.861. The number of amides is 2. The summed E-state index contributed by atoms with van der Waals surface area (Å²) in [6.07, 6.45) is 0.930. The minimum absolute atomic E-state index is 0.0109. The fraction of sp³-hybridized carbons (Fsp3) is 0.875. The summed E-state index contributed by atoms with van der Waals surface area (Å²) >= 11 is 0. The molecule has 2 amide bonds. The molecule has 0 spiro atoms. The van der Waals surface area contributed by atoms with Crippen LogP contribution in [0.5, 0.6) is 0 Å². The van der Waals surface area contributed by atoms with Gasteiger partial charge in [0.2, 0.25) is 11.8 Å². The molecule has 2 unspecified atom stereocenters. The van der Waals surface area contributed by atoms with E-state index < -0.39 is 6.04 Å². The minimum Gasteiger partial charge on any atom is -0.342 e. The zero-order chi connectivity index (χ0) is 15.7. The molecule has 0 aromatic heterocycles. The minimum atomic E-state index is -0.419. The lowest BCUT2D eigenvalue weighted by Crippen LogP contribution is -2.67. The van der Waals surface area contributed by atoms with E-state index in [-0.39, 0.29) is 29.2 Å². The summed E-state index contributed by atoms with van der Waals surface area (Å²) in [5.74, 6) is 0.709. The molecule has 1 rings (SSSR count). The Balaban J connectivity index is 3.01. The zero-order valence-corrected chi connectivity index (χ0v) is 14.0. The average Bonchev–Trinajstić information content (AvgIpc) is 2.27. The van der Waals surface area contributed by atoms with Crippen molar-refractivity contribution in [3.8, 4) is 0 Å². The summed E-state index contributed by atoms with van der Waals surface area (Å²) in [4.78, 5) is 26.9. The smallest absolute Gasteiger partial charge is 0.246 e. The third kappa shape index (κ3) is 3.74. The normalized spacial score (nSPS) is 24.6. The molecule has 1 fully saturated rings. The SMILES string of the molecule is CC(C)CCN1C(=O)C(C(C)(C)C)NC(=O)C1C(C)C. The van der Waals surface area contributed by atoms with Crippen LogP contribution in [0.1, 0.15) is 54.9 Å². The third-order valence-electron chi connectivity index (χ3n) is 3.87. The third-order valence-corrected chi connectivity index (χ3v) is 3.87. The first-order chi connectivity index (χ1) is 9.05. The van der Waals surface area contributed by atoms with Crippen LogP contribution in [0.4, 0.5) is 0 Å². The maximum Gasteiger partial charge on any atom is 0.246 e. The van der Waals surface area contributed by atoms with Crippen molar-refractivity contribution in [2.24, 2.45) is 17.3 Å². The Morgan fingerprint density at radius 1 is 1.15 bits per heavy atom. The summed E-state index contributed by atoms with van der Waals surface area (Å²) in [5.41, 5.74) is -0.259. The molecule has 1 N–H and O–H groups in total. The molecule has 4 nitrogen and oxygen atoms in total.